The zero-order chi connectivity index (χ0) is 23.7. The summed E-state index contributed by atoms with van der Waals surface area (Å²) in [6, 6.07) is 16.5. The molecule has 3 N–H and O–H groups in total. The second-order valence-corrected chi connectivity index (χ2v) is 7.51. The number of nitrogens with two attached hydrogens (primary N) is 1. The average molecular weight is 442 g/mol. The van der Waals surface area contributed by atoms with E-state index in [1.807, 2.05) is 31.3 Å². The first-order valence-corrected chi connectivity index (χ1v) is 10.2. The molecule has 0 saturated carbocycles. The number of esters is 2. The fraction of sp³-hybridized carbons (Fsp3) is 0.160. The summed E-state index contributed by atoms with van der Waals surface area (Å²) >= 11 is 0. The largest absolute Gasteiger partial charge is 0.466 e. The molecule has 0 amide bonds. The highest BCUT2D eigenvalue weighted by atomic mass is 16.5. The van der Waals surface area contributed by atoms with Gasteiger partial charge in [-0.15, -0.1) is 0 Å². The molecule has 3 aromatic rings. The molecule has 0 fully saturated rings. The predicted octanol–water partition coefficient (Wildman–Crippen LogP) is 3.37. The van der Waals surface area contributed by atoms with E-state index >= 15 is 0 Å². The van der Waals surface area contributed by atoms with Crippen LogP contribution in [0, 0.1) is 18.3 Å². The number of allylic oxidation sites excluding steroid dienone is 1. The molecule has 0 aliphatic carbocycles. The number of carbonyl (C=O) groups excluding carboxylic acids is 2. The van der Waals surface area contributed by atoms with E-state index in [9.17, 15) is 14.9 Å². The van der Waals surface area contributed by atoms with Crippen LogP contribution in [0.2, 0.25) is 0 Å². The number of nitrogens with one attached hydrogen (secondary N) is 1. The number of nitrogens with zero attached hydrogens (tertiary/aromatic N) is 2. The Labute approximate surface area is 190 Å². The number of para-hydroxylation sites is 1. The van der Waals surface area contributed by atoms with E-state index in [0.717, 1.165) is 10.9 Å². The van der Waals surface area contributed by atoms with Crippen LogP contribution in [0.25, 0.3) is 10.9 Å². The average Bonchev–Trinajstić information content (AvgIpc) is 3.23. The predicted molar refractivity (Wildman–Crippen MR) is 123 cm³/mol. The van der Waals surface area contributed by atoms with Crippen LogP contribution in [0.5, 0.6) is 0 Å². The van der Waals surface area contributed by atoms with E-state index in [1.54, 1.807) is 30.3 Å². The van der Waals surface area contributed by atoms with Crippen LogP contribution in [0.15, 0.2) is 77.4 Å². The molecule has 1 aliphatic rings. The molecule has 0 spiro atoms. The zero-order valence-corrected chi connectivity index (χ0v) is 18.4. The number of carbonyl (C=O) groups is 2. The number of fused-ring (bicyclic) bond motifs is 1. The minimum atomic E-state index is -0.904. The summed E-state index contributed by atoms with van der Waals surface area (Å²) in [5, 5.41) is 11.0. The first kappa shape index (κ1) is 21.7. The summed E-state index contributed by atoms with van der Waals surface area (Å²) in [7, 11) is 2.44. The van der Waals surface area contributed by atoms with Gasteiger partial charge < -0.3 is 20.2 Å². The Balaban J connectivity index is 2.12. The van der Waals surface area contributed by atoms with Crippen LogP contribution >= 0.6 is 0 Å². The van der Waals surface area contributed by atoms with E-state index in [-0.39, 0.29) is 22.7 Å². The van der Waals surface area contributed by atoms with Gasteiger partial charge in [-0.25, -0.2) is 9.59 Å². The highest BCUT2D eigenvalue weighted by Crippen LogP contribution is 2.44. The number of aryl methyl sites for hydroxylation is 1. The summed E-state index contributed by atoms with van der Waals surface area (Å²) in [4.78, 5) is 30.8. The van der Waals surface area contributed by atoms with Crippen molar-refractivity contribution in [2.24, 2.45) is 5.73 Å². The number of rotatable bonds is 4. The number of methoxy groups -OCH3 is 2. The Morgan fingerprint density at radius 3 is 2.39 bits per heavy atom. The maximum absolute atomic E-state index is 13.1. The van der Waals surface area contributed by atoms with Gasteiger partial charge in [0.1, 0.15) is 11.5 Å². The minimum Gasteiger partial charge on any atom is -0.466 e. The molecule has 1 aliphatic heterocycles. The van der Waals surface area contributed by atoms with E-state index in [1.165, 1.54) is 19.1 Å². The first-order chi connectivity index (χ1) is 15.9. The third kappa shape index (κ3) is 3.40. The molecular weight excluding hydrogens is 420 g/mol. The van der Waals surface area contributed by atoms with Gasteiger partial charge in [-0.05, 0) is 24.1 Å². The second-order valence-electron chi connectivity index (χ2n) is 7.51. The van der Waals surface area contributed by atoms with E-state index in [4.69, 9.17) is 15.2 Å². The lowest BCUT2D eigenvalue weighted by atomic mass is 9.81. The molecule has 1 aromatic heterocycles. The summed E-state index contributed by atoms with van der Waals surface area (Å²) < 4.78 is 10.1. The number of aromatic nitrogens is 1. The van der Waals surface area contributed by atoms with Gasteiger partial charge in [0.2, 0.25) is 0 Å². The van der Waals surface area contributed by atoms with Crippen molar-refractivity contribution in [3.05, 3.63) is 88.5 Å². The van der Waals surface area contributed by atoms with Crippen LogP contribution in [0.1, 0.15) is 17.0 Å². The molecule has 0 saturated heterocycles. The van der Waals surface area contributed by atoms with E-state index in [2.05, 4.69) is 11.1 Å². The van der Waals surface area contributed by atoms with Gasteiger partial charge in [-0.1, -0.05) is 42.5 Å². The number of anilines is 1. The third-order valence-corrected chi connectivity index (χ3v) is 5.75. The molecular formula is C25H22N4O4. The molecule has 33 heavy (non-hydrogen) atoms. The Kier molecular flexibility index (Phi) is 5.63. The number of nitriles is 1. The maximum atomic E-state index is 13.1. The molecule has 0 bridgehead atoms. The van der Waals surface area contributed by atoms with Crippen molar-refractivity contribution in [3.8, 4) is 6.07 Å². The fourth-order valence-corrected chi connectivity index (χ4v) is 4.23. The van der Waals surface area contributed by atoms with Crippen molar-refractivity contribution in [3.63, 3.8) is 0 Å². The van der Waals surface area contributed by atoms with Crippen molar-refractivity contribution in [1.29, 1.82) is 5.26 Å². The summed E-state index contributed by atoms with van der Waals surface area (Å²) in [5.41, 5.74) is 9.35. The molecule has 2 heterocycles. The highest BCUT2D eigenvalue weighted by Gasteiger charge is 2.43. The van der Waals surface area contributed by atoms with Crippen LogP contribution in [-0.2, 0) is 19.1 Å². The van der Waals surface area contributed by atoms with Crippen molar-refractivity contribution in [2.75, 3.05) is 19.1 Å². The molecule has 2 aromatic carbocycles. The number of H-pyrrole nitrogens is 1. The first-order valence-electron chi connectivity index (χ1n) is 10.2. The Morgan fingerprint density at radius 1 is 1.06 bits per heavy atom. The molecule has 1 unspecified atom stereocenters. The van der Waals surface area contributed by atoms with E-state index in [0.29, 0.717) is 16.8 Å². The highest BCUT2D eigenvalue weighted by molar-refractivity contribution is 6.08. The molecule has 1 atom stereocenters. The molecule has 0 radical (unpaired) electrons. The Bertz CT molecular complexity index is 1360. The molecule has 8 heteroatoms. The summed E-state index contributed by atoms with van der Waals surface area (Å²) in [6.45, 7) is 1.95. The Hall–Kier alpha value is -4.51. The molecule has 8 nitrogen and oxygen atoms in total. The van der Waals surface area contributed by atoms with Crippen LogP contribution in [0.4, 0.5) is 5.69 Å². The number of hydrogen-bond donors (Lipinski definition) is 2. The quantitative estimate of drug-likeness (QED) is 0.594. The number of ether oxygens (including phenoxy) is 2. The van der Waals surface area contributed by atoms with Gasteiger partial charge in [-0.3, -0.25) is 4.90 Å². The molecule has 166 valence electrons. The van der Waals surface area contributed by atoms with E-state index < -0.39 is 17.9 Å². The standard InChI is InChI=1S/C25H22N4O4/c1-14-13-28-21-16(14)10-7-11-18(21)29-22(25(31)33-3)20(24(30)32-2)19(17(12-26)23(29)27)15-8-5-4-6-9-15/h4-11,13,19,28H,27H2,1-3H3. The van der Waals surface area contributed by atoms with Crippen LogP contribution < -0.4 is 10.6 Å². The normalized spacial score (nSPS) is 16.1. The number of benzene rings is 2. The third-order valence-electron chi connectivity index (χ3n) is 5.75. The zero-order valence-electron chi connectivity index (χ0n) is 18.4. The summed E-state index contributed by atoms with van der Waals surface area (Å²) in [6.07, 6.45) is 1.83. The Morgan fingerprint density at radius 2 is 1.76 bits per heavy atom. The SMILES string of the molecule is COC(=O)C1=C(C(=O)OC)N(c2cccc3c(C)c[nH]c23)C(N)=C(C#N)C1c1ccccc1. The number of hydrogen-bond acceptors (Lipinski definition) is 7. The van der Waals surface area contributed by atoms with Gasteiger partial charge in [0.25, 0.3) is 0 Å². The van der Waals surface area contributed by atoms with Crippen molar-refractivity contribution < 1.29 is 19.1 Å². The fourth-order valence-electron chi connectivity index (χ4n) is 4.23. The lowest BCUT2D eigenvalue weighted by molar-refractivity contribution is -0.139. The lowest BCUT2D eigenvalue weighted by Gasteiger charge is -2.36. The topological polar surface area (TPSA) is 121 Å². The van der Waals surface area contributed by atoms with Gasteiger partial charge in [-0.2, -0.15) is 5.26 Å². The summed E-state index contributed by atoms with van der Waals surface area (Å²) in [5.74, 6) is -2.42. The van der Waals surface area contributed by atoms with Gasteiger partial charge in [0.05, 0.1) is 48.6 Å². The van der Waals surface area contributed by atoms with Gasteiger partial charge >= 0.3 is 11.9 Å². The van der Waals surface area contributed by atoms with Gasteiger partial charge in [0.15, 0.2) is 0 Å². The lowest BCUT2D eigenvalue weighted by Crippen LogP contribution is -2.40. The number of aromatic amines is 1. The van der Waals surface area contributed by atoms with Crippen LogP contribution in [0.3, 0.4) is 0 Å². The monoisotopic (exact) mass is 442 g/mol. The maximum Gasteiger partial charge on any atom is 0.355 e. The second kappa shape index (κ2) is 8.55. The van der Waals surface area contributed by atoms with Crippen molar-refractivity contribution >= 4 is 28.5 Å². The molecule has 4 rings (SSSR count). The van der Waals surface area contributed by atoms with Crippen molar-refractivity contribution in [1.82, 2.24) is 4.98 Å². The smallest absolute Gasteiger partial charge is 0.355 e. The van der Waals surface area contributed by atoms with Crippen LogP contribution in [-0.4, -0.2) is 31.1 Å². The minimum absolute atomic E-state index is 0.0263. The van der Waals surface area contributed by atoms with Crippen molar-refractivity contribution in [2.45, 2.75) is 12.8 Å². The van der Waals surface area contributed by atoms with Gasteiger partial charge in [0, 0.05) is 11.6 Å².